The second-order valence-corrected chi connectivity index (χ2v) is 5.55. The molecule has 106 valence electrons. The van der Waals surface area contributed by atoms with Gasteiger partial charge < -0.3 is 15.6 Å². The summed E-state index contributed by atoms with van der Waals surface area (Å²) in [6.07, 6.45) is 1.62. The first-order chi connectivity index (χ1) is 10.1. The van der Waals surface area contributed by atoms with Gasteiger partial charge in [-0.1, -0.05) is 6.07 Å². The third-order valence-corrected chi connectivity index (χ3v) is 3.71. The van der Waals surface area contributed by atoms with Crippen molar-refractivity contribution in [2.45, 2.75) is 6.92 Å². The van der Waals surface area contributed by atoms with Crippen molar-refractivity contribution in [3.63, 3.8) is 0 Å². The second-order valence-electron chi connectivity index (χ2n) is 4.70. The molecular weight excluding hydrogens is 332 g/mol. The molecule has 5 nitrogen and oxygen atoms in total. The van der Waals surface area contributed by atoms with Crippen LogP contribution in [0.2, 0.25) is 0 Å². The van der Waals surface area contributed by atoms with E-state index in [1.165, 1.54) is 0 Å². The van der Waals surface area contributed by atoms with Crippen LogP contribution in [0.3, 0.4) is 0 Å². The molecule has 1 aromatic heterocycles. The molecule has 0 saturated carbocycles. The van der Waals surface area contributed by atoms with Gasteiger partial charge in [-0.2, -0.15) is 0 Å². The minimum Gasteiger partial charge on any atom is -0.345 e. The number of hydrogen-bond donors (Lipinski definition) is 3. The lowest BCUT2D eigenvalue weighted by molar-refractivity contribution is 0.262. The van der Waals surface area contributed by atoms with Gasteiger partial charge in [0.25, 0.3) is 0 Å². The van der Waals surface area contributed by atoms with Gasteiger partial charge in [-0.05, 0) is 58.7 Å². The Morgan fingerprint density at radius 2 is 2.05 bits per heavy atom. The van der Waals surface area contributed by atoms with Crippen molar-refractivity contribution in [3.05, 3.63) is 52.8 Å². The van der Waals surface area contributed by atoms with E-state index in [-0.39, 0.29) is 6.03 Å². The maximum atomic E-state index is 12.0. The zero-order valence-electron chi connectivity index (χ0n) is 11.3. The summed E-state index contributed by atoms with van der Waals surface area (Å²) in [7, 11) is 0. The van der Waals surface area contributed by atoms with Gasteiger partial charge in [0, 0.05) is 10.2 Å². The third-order valence-electron chi connectivity index (χ3n) is 3.05. The van der Waals surface area contributed by atoms with Gasteiger partial charge >= 0.3 is 6.03 Å². The minimum absolute atomic E-state index is 0.293. The van der Waals surface area contributed by atoms with E-state index in [1.54, 1.807) is 6.33 Å². The number of hydrogen-bond acceptors (Lipinski definition) is 2. The lowest BCUT2D eigenvalue weighted by Gasteiger charge is -2.09. The molecule has 0 aliphatic heterocycles. The Labute approximate surface area is 129 Å². The largest absolute Gasteiger partial charge is 0.345 e. The number of halogens is 1. The van der Waals surface area contributed by atoms with Gasteiger partial charge in [0.2, 0.25) is 0 Å². The molecule has 2 aromatic carbocycles. The van der Waals surface area contributed by atoms with E-state index in [1.807, 2.05) is 43.3 Å². The van der Waals surface area contributed by atoms with Gasteiger partial charge in [0.05, 0.1) is 23.0 Å². The van der Waals surface area contributed by atoms with Gasteiger partial charge in [-0.15, -0.1) is 0 Å². The van der Waals surface area contributed by atoms with Crippen LogP contribution in [0.15, 0.2) is 47.2 Å². The number of aromatic nitrogens is 2. The summed E-state index contributed by atoms with van der Waals surface area (Å²) in [4.78, 5) is 19.2. The molecule has 2 amide bonds. The molecule has 1 heterocycles. The number of aromatic amines is 1. The molecule has 0 spiro atoms. The number of benzene rings is 2. The van der Waals surface area contributed by atoms with Crippen LogP contribution >= 0.6 is 15.9 Å². The van der Waals surface area contributed by atoms with Crippen LogP contribution in [0.1, 0.15) is 5.56 Å². The average Bonchev–Trinajstić information content (AvgIpc) is 2.89. The molecular formula is C15H13BrN4O. The molecule has 0 radical (unpaired) electrons. The third kappa shape index (κ3) is 3.05. The monoisotopic (exact) mass is 344 g/mol. The topological polar surface area (TPSA) is 69.8 Å². The van der Waals surface area contributed by atoms with Crippen molar-refractivity contribution in [2.24, 2.45) is 0 Å². The van der Waals surface area contributed by atoms with Crippen LogP contribution in [-0.2, 0) is 0 Å². The van der Waals surface area contributed by atoms with E-state index in [9.17, 15) is 4.79 Å². The van der Waals surface area contributed by atoms with Crippen molar-refractivity contribution in [3.8, 4) is 0 Å². The number of nitrogens with zero attached hydrogens (tertiary/aromatic N) is 1. The number of H-pyrrole nitrogens is 1. The number of aryl methyl sites for hydroxylation is 1. The Morgan fingerprint density at radius 1 is 1.19 bits per heavy atom. The number of anilines is 2. The number of nitrogens with one attached hydrogen (secondary N) is 3. The normalized spacial score (nSPS) is 10.6. The second kappa shape index (κ2) is 5.57. The van der Waals surface area contributed by atoms with Crippen LogP contribution in [0.25, 0.3) is 11.0 Å². The van der Waals surface area contributed by atoms with E-state index in [2.05, 4.69) is 36.5 Å². The average molecular weight is 345 g/mol. The Bertz CT molecular complexity index is 812. The summed E-state index contributed by atoms with van der Waals surface area (Å²) in [5, 5.41) is 5.60. The van der Waals surface area contributed by atoms with Crippen molar-refractivity contribution < 1.29 is 4.79 Å². The van der Waals surface area contributed by atoms with Gasteiger partial charge in [-0.3, -0.25) is 0 Å². The van der Waals surface area contributed by atoms with Crippen LogP contribution < -0.4 is 10.6 Å². The van der Waals surface area contributed by atoms with Crippen molar-refractivity contribution >= 4 is 44.4 Å². The van der Waals surface area contributed by atoms with Gasteiger partial charge in [0.1, 0.15) is 0 Å². The van der Waals surface area contributed by atoms with Crippen molar-refractivity contribution in [1.29, 1.82) is 0 Å². The van der Waals surface area contributed by atoms with Crippen LogP contribution in [0.4, 0.5) is 16.2 Å². The number of amides is 2. The summed E-state index contributed by atoms with van der Waals surface area (Å²) in [5.41, 5.74) is 4.29. The Hall–Kier alpha value is -2.34. The summed E-state index contributed by atoms with van der Waals surface area (Å²) in [6.45, 7) is 1.99. The highest BCUT2D eigenvalue weighted by atomic mass is 79.9. The molecule has 21 heavy (non-hydrogen) atoms. The predicted octanol–water partition coefficient (Wildman–Crippen LogP) is 4.28. The summed E-state index contributed by atoms with van der Waals surface area (Å²) >= 11 is 3.43. The summed E-state index contributed by atoms with van der Waals surface area (Å²) < 4.78 is 0.849. The molecule has 0 saturated heterocycles. The number of urea groups is 1. The predicted molar refractivity (Wildman–Crippen MR) is 87.6 cm³/mol. The molecule has 0 fully saturated rings. The van der Waals surface area contributed by atoms with Crippen molar-refractivity contribution in [2.75, 3.05) is 10.6 Å². The molecule has 0 unspecified atom stereocenters. The maximum absolute atomic E-state index is 12.0. The molecule has 6 heteroatoms. The van der Waals surface area contributed by atoms with E-state index in [0.29, 0.717) is 5.69 Å². The molecule has 3 N–H and O–H groups in total. The van der Waals surface area contributed by atoms with Gasteiger partial charge in [0.15, 0.2) is 0 Å². The quantitative estimate of drug-likeness (QED) is 0.649. The SMILES string of the molecule is Cc1ccc(NC(=O)Nc2ccc3nc[nH]c3c2)c(Br)c1. The molecule has 3 aromatic rings. The molecule has 0 atom stereocenters. The zero-order chi connectivity index (χ0) is 14.8. The fourth-order valence-electron chi connectivity index (χ4n) is 2.02. The van der Waals surface area contributed by atoms with Crippen LogP contribution in [0.5, 0.6) is 0 Å². The number of rotatable bonds is 2. The Morgan fingerprint density at radius 3 is 2.86 bits per heavy atom. The fraction of sp³-hybridized carbons (Fsp3) is 0.0667. The first-order valence-corrected chi connectivity index (χ1v) is 7.18. The first-order valence-electron chi connectivity index (χ1n) is 6.39. The lowest BCUT2D eigenvalue weighted by atomic mass is 10.2. The fourth-order valence-corrected chi connectivity index (χ4v) is 2.61. The van der Waals surface area contributed by atoms with E-state index in [0.717, 1.165) is 26.8 Å². The summed E-state index contributed by atoms with van der Waals surface area (Å²) in [6, 6.07) is 11.0. The van der Waals surface area contributed by atoms with E-state index in [4.69, 9.17) is 0 Å². The Kier molecular flexibility index (Phi) is 3.62. The highest BCUT2D eigenvalue weighted by Crippen LogP contribution is 2.23. The number of carbonyl (C=O) groups excluding carboxylic acids is 1. The van der Waals surface area contributed by atoms with Crippen LogP contribution in [0, 0.1) is 6.92 Å². The molecule has 0 bridgehead atoms. The minimum atomic E-state index is -0.293. The van der Waals surface area contributed by atoms with E-state index < -0.39 is 0 Å². The molecule has 0 aliphatic carbocycles. The highest BCUT2D eigenvalue weighted by molar-refractivity contribution is 9.10. The molecule has 3 rings (SSSR count). The lowest BCUT2D eigenvalue weighted by Crippen LogP contribution is -2.19. The van der Waals surface area contributed by atoms with E-state index >= 15 is 0 Å². The van der Waals surface area contributed by atoms with Crippen molar-refractivity contribution in [1.82, 2.24) is 9.97 Å². The highest BCUT2D eigenvalue weighted by Gasteiger charge is 2.06. The molecule has 0 aliphatic rings. The smallest absolute Gasteiger partial charge is 0.323 e. The van der Waals surface area contributed by atoms with Crippen LogP contribution in [-0.4, -0.2) is 16.0 Å². The van der Waals surface area contributed by atoms with Gasteiger partial charge in [-0.25, -0.2) is 9.78 Å². The summed E-state index contributed by atoms with van der Waals surface area (Å²) in [5.74, 6) is 0. The first kappa shape index (κ1) is 13.6. The Balaban J connectivity index is 1.73. The standard InChI is InChI=1S/C15H13BrN4O/c1-9-2-4-12(11(16)6-9)20-15(21)19-10-3-5-13-14(7-10)18-8-17-13/h2-8H,1H3,(H,17,18)(H2,19,20,21). The number of imidazole rings is 1. The maximum Gasteiger partial charge on any atom is 0.323 e. The number of fused-ring (bicyclic) bond motifs is 1. The number of carbonyl (C=O) groups is 1. The zero-order valence-corrected chi connectivity index (χ0v) is 12.9.